The molecule has 2 heterocycles. The summed E-state index contributed by atoms with van der Waals surface area (Å²) in [4.78, 5) is 19.0. The van der Waals surface area contributed by atoms with Crippen molar-refractivity contribution in [2.45, 2.75) is 33.7 Å². The van der Waals surface area contributed by atoms with Crippen LogP contribution in [0.25, 0.3) is 0 Å². The van der Waals surface area contributed by atoms with Crippen molar-refractivity contribution in [3.63, 3.8) is 0 Å². The third kappa shape index (κ3) is 3.60. The normalized spacial score (nSPS) is 10.8. The Bertz CT molecular complexity index is 653. The van der Waals surface area contributed by atoms with Gasteiger partial charge in [-0.05, 0) is 13.8 Å². The quantitative estimate of drug-likeness (QED) is 0.489. The van der Waals surface area contributed by atoms with Crippen LogP contribution in [-0.4, -0.2) is 26.6 Å². The minimum Gasteiger partial charge on any atom is -0.340 e. The van der Waals surface area contributed by atoms with Crippen LogP contribution in [0.5, 0.6) is 0 Å². The molecule has 0 saturated carbocycles. The maximum atomic E-state index is 11.0. The molecular weight excluding hydrogens is 274 g/mol. The third-order valence-electron chi connectivity index (χ3n) is 3.15. The Kier molecular flexibility index (Phi) is 4.59. The van der Waals surface area contributed by atoms with Gasteiger partial charge in [0.15, 0.2) is 5.82 Å². The molecule has 0 aromatic carbocycles. The predicted octanol–water partition coefficient (Wildman–Crippen LogP) is 1.63. The molecule has 0 amide bonds. The standard InChI is InChI=1S/C13H17N5O3/c1-8-6-15-11(9(2)13(8)18(19)20)7-14-5-4-12-16-10(3)21-17-12/h6,14H,4-5,7H2,1-3H3. The molecule has 112 valence electrons. The van der Waals surface area contributed by atoms with Crippen LogP contribution >= 0.6 is 0 Å². The maximum absolute atomic E-state index is 11.0. The molecule has 0 atom stereocenters. The van der Waals surface area contributed by atoms with Gasteiger partial charge in [0.25, 0.3) is 5.69 Å². The second-order valence-electron chi connectivity index (χ2n) is 4.78. The van der Waals surface area contributed by atoms with E-state index in [0.717, 1.165) is 0 Å². The summed E-state index contributed by atoms with van der Waals surface area (Å²) in [6.45, 7) is 6.25. The van der Waals surface area contributed by atoms with Crippen LogP contribution in [0.15, 0.2) is 10.7 Å². The van der Waals surface area contributed by atoms with Gasteiger partial charge in [-0.25, -0.2) is 0 Å². The van der Waals surface area contributed by atoms with Crippen molar-refractivity contribution in [1.29, 1.82) is 0 Å². The van der Waals surface area contributed by atoms with Crippen LogP contribution in [0.1, 0.15) is 28.5 Å². The molecular formula is C13H17N5O3. The molecule has 0 bridgehead atoms. The van der Waals surface area contributed by atoms with E-state index >= 15 is 0 Å². The van der Waals surface area contributed by atoms with Crippen LogP contribution in [0.4, 0.5) is 5.69 Å². The van der Waals surface area contributed by atoms with Crippen LogP contribution in [0.2, 0.25) is 0 Å². The molecule has 8 nitrogen and oxygen atoms in total. The highest BCUT2D eigenvalue weighted by Gasteiger charge is 2.18. The fourth-order valence-corrected chi connectivity index (χ4v) is 2.07. The van der Waals surface area contributed by atoms with Crippen molar-refractivity contribution in [2.24, 2.45) is 0 Å². The Morgan fingerprint density at radius 3 is 2.76 bits per heavy atom. The first-order valence-corrected chi connectivity index (χ1v) is 6.58. The SMILES string of the molecule is Cc1nc(CCNCc2ncc(C)c([N+](=O)[O-])c2C)no1. The van der Waals surface area contributed by atoms with E-state index in [4.69, 9.17) is 4.52 Å². The zero-order valence-electron chi connectivity index (χ0n) is 12.2. The molecule has 2 aromatic heterocycles. The molecule has 1 N–H and O–H groups in total. The van der Waals surface area contributed by atoms with Gasteiger partial charge in [0.05, 0.1) is 10.6 Å². The Balaban J connectivity index is 1.94. The van der Waals surface area contributed by atoms with Crippen molar-refractivity contribution in [1.82, 2.24) is 20.4 Å². The number of aryl methyl sites for hydroxylation is 2. The fraction of sp³-hybridized carbons (Fsp3) is 0.462. The topological polar surface area (TPSA) is 107 Å². The van der Waals surface area contributed by atoms with Crippen LogP contribution in [0.3, 0.4) is 0 Å². The average Bonchev–Trinajstić information content (AvgIpc) is 2.82. The minimum absolute atomic E-state index is 0.135. The second kappa shape index (κ2) is 6.40. The van der Waals surface area contributed by atoms with Gasteiger partial charge in [-0.2, -0.15) is 4.98 Å². The summed E-state index contributed by atoms with van der Waals surface area (Å²) < 4.78 is 4.88. The number of pyridine rings is 1. The zero-order chi connectivity index (χ0) is 15.4. The zero-order valence-corrected chi connectivity index (χ0v) is 12.2. The van der Waals surface area contributed by atoms with Crippen molar-refractivity contribution in [3.05, 3.63) is 44.8 Å². The van der Waals surface area contributed by atoms with E-state index in [0.29, 0.717) is 48.0 Å². The number of hydrogen-bond donors (Lipinski definition) is 1. The van der Waals surface area contributed by atoms with Gasteiger partial charge < -0.3 is 9.84 Å². The number of nitrogens with one attached hydrogen (secondary N) is 1. The Morgan fingerprint density at radius 2 is 2.14 bits per heavy atom. The van der Waals surface area contributed by atoms with Gasteiger partial charge in [0.1, 0.15) is 0 Å². The number of aromatic nitrogens is 3. The van der Waals surface area contributed by atoms with Crippen LogP contribution in [0, 0.1) is 30.9 Å². The third-order valence-corrected chi connectivity index (χ3v) is 3.15. The molecule has 0 fully saturated rings. The predicted molar refractivity (Wildman–Crippen MR) is 74.8 cm³/mol. The monoisotopic (exact) mass is 291 g/mol. The molecule has 0 unspecified atom stereocenters. The summed E-state index contributed by atoms with van der Waals surface area (Å²) >= 11 is 0. The molecule has 21 heavy (non-hydrogen) atoms. The summed E-state index contributed by atoms with van der Waals surface area (Å²) in [5.41, 5.74) is 1.98. The highest BCUT2D eigenvalue weighted by Crippen LogP contribution is 2.23. The highest BCUT2D eigenvalue weighted by atomic mass is 16.6. The molecule has 2 rings (SSSR count). The second-order valence-corrected chi connectivity index (χ2v) is 4.78. The average molecular weight is 291 g/mol. The smallest absolute Gasteiger partial charge is 0.278 e. The summed E-state index contributed by atoms with van der Waals surface area (Å²) in [6.07, 6.45) is 2.16. The lowest BCUT2D eigenvalue weighted by molar-refractivity contribution is -0.386. The Hall–Kier alpha value is -2.35. The lowest BCUT2D eigenvalue weighted by Crippen LogP contribution is -2.19. The van der Waals surface area contributed by atoms with E-state index in [1.54, 1.807) is 20.8 Å². The number of nitro groups is 1. The van der Waals surface area contributed by atoms with Gasteiger partial charge in [-0.15, -0.1) is 0 Å². The lowest BCUT2D eigenvalue weighted by Gasteiger charge is -2.08. The fourth-order valence-electron chi connectivity index (χ4n) is 2.07. The molecule has 0 radical (unpaired) electrons. The first kappa shape index (κ1) is 15.0. The van der Waals surface area contributed by atoms with E-state index in [-0.39, 0.29) is 10.6 Å². The number of hydrogen-bond acceptors (Lipinski definition) is 7. The van der Waals surface area contributed by atoms with Gasteiger partial charge in [0, 0.05) is 43.8 Å². The van der Waals surface area contributed by atoms with Crippen molar-refractivity contribution < 1.29 is 9.45 Å². The van der Waals surface area contributed by atoms with E-state index < -0.39 is 0 Å². The molecule has 0 saturated heterocycles. The molecule has 0 aliphatic carbocycles. The summed E-state index contributed by atoms with van der Waals surface area (Å²) in [7, 11) is 0. The van der Waals surface area contributed by atoms with E-state index in [2.05, 4.69) is 20.4 Å². The maximum Gasteiger partial charge on any atom is 0.278 e. The highest BCUT2D eigenvalue weighted by molar-refractivity contribution is 5.47. The van der Waals surface area contributed by atoms with Gasteiger partial charge in [-0.3, -0.25) is 15.1 Å². The van der Waals surface area contributed by atoms with Crippen LogP contribution in [-0.2, 0) is 13.0 Å². The molecule has 2 aromatic rings. The lowest BCUT2D eigenvalue weighted by atomic mass is 10.1. The van der Waals surface area contributed by atoms with Crippen molar-refractivity contribution >= 4 is 5.69 Å². The van der Waals surface area contributed by atoms with Gasteiger partial charge in [-0.1, -0.05) is 5.16 Å². The number of rotatable bonds is 6. The van der Waals surface area contributed by atoms with E-state index in [1.165, 1.54) is 6.20 Å². The van der Waals surface area contributed by atoms with Gasteiger partial charge in [0.2, 0.25) is 5.89 Å². The van der Waals surface area contributed by atoms with Crippen LogP contribution < -0.4 is 5.32 Å². The molecule has 8 heteroatoms. The summed E-state index contributed by atoms with van der Waals surface area (Å²) in [6, 6.07) is 0. The summed E-state index contributed by atoms with van der Waals surface area (Å²) in [5, 5.41) is 18.0. The minimum atomic E-state index is -0.363. The summed E-state index contributed by atoms with van der Waals surface area (Å²) in [5.74, 6) is 1.18. The van der Waals surface area contributed by atoms with Crippen molar-refractivity contribution in [3.8, 4) is 0 Å². The molecule has 0 aliphatic heterocycles. The Labute approximate surface area is 121 Å². The number of nitrogens with zero attached hydrogens (tertiary/aromatic N) is 4. The first-order valence-electron chi connectivity index (χ1n) is 6.58. The van der Waals surface area contributed by atoms with Gasteiger partial charge >= 0.3 is 0 Å². The largest absolute Gasteiger partial charge is 0.340 e. The molecule has 0 aliphatic rings. The van der Waals surface area contributed by atoms with E-state index in [1.807, 2.05) is 0 Å². The first-order chi connectivity index (χ1) is 9.99. The molecule has 0 spiro atoms. The van der Waals surface area contributed by atoms with E-state index in [9.17, 15) is 10.1 Å². The Morgan fingerprint density at radius 1 is 1.38 bits per heavy atom. The van der Waals surface area contributed by atoms with Crippen molar-refractivity contribution in [2.75, 3.05) is 6.54 Å².